The van der Waals surface area contributed by atoms with E-state index in [4.69, 9.17) is 0 Å². The molecular weight excluding hydrogens is 521 g/mol. The average molecular weight is 551 g/mol. The van der Waals surface area contributed by atoms with Crippen LogP contribution >= 0.6 is 11.3 Å². The van der Waals surface area contributed by atoms with Gasteiger partial charge in [0.05, 0.1) is 23.0 Å². The van der Waals surface area contributed by atoms with Crippen LogP contribution in [0.4, 0.5) is 13.2 Å². The molecule has 0 fully saturated rings. The molecule has 3 aromatic rings. The minimum Gasteiger partial charge on any atom is -0.330 e. The van der Waals surface area contributed by atoms with Crippen molar-refractivity contribution < 1.29 is 26.4 Å². The number of sulfonamides is 1. The van der Waals surface area contributed by atoms with Crippen LogP contribution in [0.25, 0.3) is 0 Å². The van der Waals surface area contributed by atoms with Crippen molar-refractivity contribution in [1.29, 1.82) is 0 Å². The molecule has 1 aliphatic heterocycles. The monoisotopic (exact) mass is 550 g/mol. The number of halogens is 3. The lowest BCUT2D eigenvalue weighted by atomic mass is 9.90. The van der Waals surface area contributed by atoms with Crippen LogP contribution in [0.2, 0.25) is 0 Å². The third-order valence-corrected chi connectivity index (χ3v) is 9.25. The minimum absolute atomic E-state index is 0.00308. The number of thiophene rings is 1. The molecule has 0 saturated carbocycles. The van der Waals surface area contributed by atoms with Crippen molar-refractivity contribution in [2.24, 2.45) is 5.92 Å². The van der Waals surface area contributed by atoms with Crippen LogP contribution in [0.5, 0.6) is 0 Å². The molecule has 5 nitrogen and oxygen atoms in total. The highest BCUT2D eigenvalue weighted by atomic mass is 32.2. The lowest BCUT2D eigenvalue weighted by Gasteiger charge is -2.38. The van der Waals surface area contributed by atoms with Gasteiger partial charge in [-0.15, -0.1) is 11.3 Å². The van der Waals surface area contributed by atoms with Crippen LogP contribution in [0.1, 0.15) is 47.0 Å². The van der Waals surface area contributed by atoms with E-state index in [1.54, 1.807) is 30.1 Å². The van der Waals surface area contributed by atoms with E-state index in [9.17, 15) is 26.4 Å². The van der Waals surface area contributed by atoms with E-state index in [2.05, 4.69) is 0 Å². The maximum atomic E-state index is 13.8. The Bertz CT molecular complexity index is 1380. The summed E-state index contributed by atoms with van der Waals surface area (Å²) in [7, 11) is -4.36. The van der Waals surface area contributed by atoms with Gasteiger partial charge in [0, 0.05) is 18.0 Å². The Balaban J connectivity index is 1.69. The van der Waals surface area contributed by atoms with Crippen molar-refractivity contribution in [3.05, 3.63) is 87.1 Å². The Labute approximate surface area is 219 Å². The van der Waals surface area contributed by atoms with Gasteiger partial charge in [0.1, 0.15) is 0 Å². The van der Waals surface area contributed by atoms with Crippen LogP contribution in [-0.4, -0.2) is 43.2 Å². The number of benzene rings is 2. The highest BCUT2D eigenvalue weighted by Crippen LogP contribution is 2.39. The fourth-order valence-electron chi connectivity index (χ4n) is 4.69. The molecule has 0 spiro atoms. The molecule has 2 aromatic carbocycles. The number of amides is 1. The van der Waals surface area contributed by atoms with E-state index in [-0.39, 0.29) is 24.4 Å². The summed E-state index contributed by atoms with van der Waals surface area (Å²) < 4.78 is 67.9. The lowest BCUT2D eigenvalue weighted by molar-refractivity contribution is -0.137. The first kappa shape index (κ1) is 27.3. The number of hydrogen-bond donors (Lipinski definition) is 0. The Morgan fingerprint density at radius 2 is 1.84 bits per heavy atom. The first-order valence-electron chi connectivity index (χ1n) is 12.0. The Morgan fingerprint density at radius 3 is 2.51 bits per heavy atom. The van der Waals surface area contributed by atoms with Gasteiger partial charge >= 0.3 is 6.18 Å². The molecule has 1 amide bonds. The molecule has 1 aromatic heterocycles. The molecule has 0 aliphatic carbocycles. The van der Waals surface area contributed by atoms with Crippen LogP contribution < -0.4 is 0 Å². The highest BCUT2D eigenvalue weighted by Gasteiger charge is 2.37. The van der Waals surface area contributed by atoms with Crippen LogP contribution in [0.15, 0.2) is 64.9 Å². The number of hydrogen-bond acceptors (Lipinski definition) is 4. The van der Waals surface area contributed by atoms with Crippen LogP contribution in [-0.2, 0) is 27.4 Å². The fraction of sp³-hybridized carbons (Fsp3) is 0.370. The van der Waals surface area contributed by atoms with Crippen molar-refractivity contribution >= 4 is 27.3 Å². The second-order valence-electron chi connectivity index (χ2n) is 9.61. The first-order valence-corrected chi connectivity index (χ1v) is 14.3. The highest BCUT2D eigenvalue weighted by molar-refractivity contribution is 7.89. The summed E-state index contributed by atoms with van der Waals surface area (Å²) in [4.78, 5) is 16.2. The van der Waals surface area contributed by atoms with Crippen molar-refractivity contribution in [1.82, 2.24) is 9.21 Å². The Morgan fingerprint density at radius 1 is 1.11 bits per heavy atom. The number of fused-ring (bicyclic) bond motifs is 1. The maximum absolute atomic E-state index is 13.8. The van der Waals surface area contributed by atoms with Crippen LogP contribution in [0.3, 0.4) is 0 Å². The number of carbonyl (C=O) groups is 1. The minimum atomic E-state index is -4.68. The summed E-state index contributed by atoms with van der Waals surface area (Å²) in [5.74, 6) is -0.535. The summed E-state index contributed by atoms with van der Waals surface area (Å²) in [6.07, 6.45) is -4.03. The van der Waals surface area contributed by atoms with E-state index in [1.807, 2.05) is 42.6 Å². The second kappa shape index (κ2) is 10.6. The molecule has 0 N–H and O–H groups in total. The summed E-state index contributed by atoms with van der Waals surface area (Å²) in [6, 6.07) is 13.1. The van der Waals surface area contributed by atoms with Gasteiger partial charge in [-0.05, 0) is 65.6 Å². The third-order valence-electron chi connectivity index (χ3n) is 6.45. The van der Waals surface area contributed by atoms with Gasteiger partial charge in [-0.2, -0.15) is 17.5 Å². The molecule has 1 aliphatic rings. The van der Waals surface area contributed by atoms with Crippen LogP contribution in [0, 0.1) is 12.8 Å². The maximum Gasteiger partial charge on any atom is 0.416 e. The number of rotatable bonds is 7. The van der Waals surface area contributed by atoms with Gasteiger partial charge in [0.2, 0.25) is 15.9 Å². The number of carbonyl (C=O) groups excluding carboxylic acids is 1. The number of aryl methyl sites for hydroxylation is 1. The van der Waals surface area contributed by atoms with Gasteiger partial charge in [-0.3, -0.25) is 4.79 Å². The van der Waals surface area contributed by atoms with Crippen molar-refractivity contribution in [2.45, 2.75) is 44.3 Å². The molecule has 1 atom stereocenters. The quantitative estimate of drug-likeness (QED) is 0.368. The molecule has 0 radical (unpaired) electrons. The fourth-order valence-corrected chi connectivity index (χ4v) is 7.20. The Kier molecular flexibility index (Phi) is 7.83. The molecule has 4 rings (SSSR count). The molecule has 2 heterocycles. The van der Waals surface area contributed by atoms with E-state index in [0.29, 0.717) is 19.0 Å². The average Bonchev–Trinajstić information content (AvgIpc) is 3.32. The summed E-state index contributed by atoms with van der Waals surface area (Å²) in [5, 5.41) is 1.99. The molecule has 1 unspecified atom stereocenters. The standard InChI is InChI=1S/C27H29F3N2O3S2/c1-18(2)16-31(37(34,35)21-9-6-8-20(15-21)27(28,29)30)17-25(33)32-13-11-24-23(12-14-36-24)26(32)22-10-5-4-7-19(22)3/h4-10,12,14-15,18,26H,11,13,16-17H2,1-3H3. The van der Waals surface area contributed by atoms with Crippen molar-refractivity contribution in [3.63, 3.8) is 0 Å². The zero-order valence-corrected chi connectivity index (χ0v) is 22.5. The van der Waals surface area contributed by atoms with E-state index < -0.39 is 33.2 Å². The molecule has 0 saturated heterocycles. The predicted molar refractivity (Wildman–Crippen MR) is 138 cm³/mol. The molecule has 10 heteroatoms. The van der Waals surface area contributed by atoms with Gasteiger partial charge in [0.15, 0.2) is 0 Å². The zero-order chi connectivity index (χ0) is 27.0. The number of nitrogens with zero attached hydrogens (tertiary/aromatic N) is 2. The molecule has 0 bridgehead atoms. The van der Waals surface area contributed by atoms with Gasteiger partial charge in [0.25, 0.3) is 0 Å². The Hall–Kier alpha value is -2.69. The molecule has 198 valence electrons. The van der Waals surface area contributed by atoms with E-state index in [0.717, 1.165) is 39.2 Å². The zero-order valence-electron chi connectivity index (χ0n) is 20.8. The summed E-state index contributed by atoms with van der Waals surface area (Å²) >= 11 is 1.63. The van der Waals surface area contributed by atoms with E-state index in [1.165, 1.54) is 4.88 Å². The normalized spacial score (nSPS) is 16.3. The molecular formula is C27H29F3N2O3S2. The largest absolute Gasteiger partial charge is 0.416 e. The first-order chi connectivity index (χ1) is 17.4. The van der Waals surface area contributed by atoms with Crippen molar-refractivity contribution in [3.8, 4) is 0 Å². The smallest absolute Gasteiger partial charge is 0.330 e. The van der Waals surface area contributed by atoms with Crippen molar-refractivity contribution in [2.75, 3.05) is 19.6 Å². The topological polar surface area (TPSA) is 57.7 Å². The third kappa shape index (κ3) is 5.76. The van der Waals surface area contributed by atoms with E-state index >= 15 is 0 Å². The SMILES string of the molecule is Cc1ccccc1C1c2ccsc2CCN1C(=O)CN(CC(C)C)S(=O)(=O)c1cccc(C(F)(F)F)c1. The predicted octanol–water partition coefficient (Wildman–Crippen LogP) is 5.90. The van der Waals surface area contributed by atoms with Gasteiger partial charge < -0.3 is 4.90 Å². The molecule has 37 heavy (non-hydrogen) atoms. The number of alkyl halides is 3. The van der Waals surface area contributed by atoms with Gasteiger partial charge in [-0.1, -0.05) is 44.2 Å². The lowest BCUT2D eigenvalue weighted by Crippen LogP contribution is -2.47. The van der Waals surface area contributed by atoms with Gasteiger partial charge in [-0.25, -0.2) is 8.42 Å². The second-order valence-corrected chi connectivity index (χ2v) is 12.6. The summed E-state index contributed by atoms with van der Waals surface area (Å²) in [5.41, 5.74) is 1.95. The summed E-state index contributed by atoms with van der Waals surface area (Å²) in [6.45, 7) is 5.53.